The van der Waals surface area contributed by atoms with Crippen molar-refractivity contribution in [1.29, 1.82) is 5.26 Å². The van der Waals surface area contributed by atoms with E-state index in [1.165, 1.54) is 0 Å². The van der Waals surface area contributed by atoms with Crippen molar-refractivity contribution in [2.24, 2.45) is 0 Å². The van der Waals surface area contributed by atoms with Crippen LogP contribution in [0.4, 0.5) is 0 Å². The van der Waals surface area contributed by atoms with Gasteiger partial charge in [0.05, 0.1) is 6.07 Å². The largest absolute Gasteiger partial charge is 0.302 e. The zero-order valence-corrected chi connectivity index (χ0v) is 8.21. The first-order valence-corrected chi connectivity index (χ1v) is 4.66. The first kappa shape index (κ1) is 11.9. The predicted molar refractivity (Wildman–Crippen MR) is 56.3 cm³/mol. The Morgan fingerprint density at radius 2 is 1.62 bits per heavy atom. The maximum atomic E-state index is 8.45. The maximum absolute atomic E-state index is 8.45. The lowest BCUT2D eigenvalue weighted by Crippen LogP contribution is -2.26. The number of hydrogen-bond donors (Lipinski definition) is 0. The van der Waals surface area contributed by atoms with Gasteiger partial charge in [-0.25, -0.2) is 0 Å². The molecule has 0 amide bonds. The molecule has 0 aromatic heterocycles. The molecule has 0 rings (SSSR count). The van der Waals surface area contributed by atoms with Crippen molar-refractivity contribution >= 4 is 0 Å². The van der Waals surface area contributed by atoms with Gasteiger partial charge in [-0.3, -0.25) is 0 Å². The fourth-order valence-corrected chi connectivity index (χ4v) is 1.09. The molecule has 2 heteroatoms. The summed E-state index contributed by atoms with van der Waals surface area (Å²) < 4.78 is 0. The zero-order valence-electron chi connectivity index (χ0n) is 8.21. The third-order valence-corrected chi connectivity index (χ3v) is 1.84. The molecule has 72 valence electrons. The summed E-state index contributed by atoms with van der Waals surface area (Å²) in [7, 11) is 0. The molecule has 0 atom stereocenters. The first-order chi connectivity index (χ1) is 6.35. The summed E-state index contributed by atoms with van der Waals surface area (Å²) in [6, 6.07) is 2.16. The molecule has 0 radical (unpaired) electrons. The molecule has 0 saturated carbocycles. The van der Waals surface area contributed by atoms with Gasteiger partial charge in [0, 0.05) is 26.1 Å². The summed E-state index contributed by atoms with van der Waals surface area (Å²) in [6.45, 7) is 10.2. The molecule has 0 bridgehead atoms. The van der Waals surface area contributed by atoms with Crippen LogP contribution in [0.3, 0.4) is 0 Å². The molecular weight excluding hydrogens is 160 g/mol. The fraction of sp³-hybridized carbons (Fsp3) is 0.545. The van der Waals surface area contributed by atoms with E-state index in [2.05, 4.69) is 24.1 Å². The standard InChI is InChI=1S/C11H18N2/c1-3-5-9-13(10-6-4-2)11-7-8-12/h3-4H,1-2,5-7,9-11H2. The SMILES string of the molecule is C=CCCN(CCC#N)CCC=C. The highest BCUT2D eigenvalue weighted by Crippen LogP contribution is 1.96. The molecule has 0 aliphatic rings. The Labute approximate surface area is 81.2 Å². The van der Waals surface area contributed by atoms with Crippen LogP contribution in [0.2, 0.25) is 0 Å². The van der Waals surface area contributed by atoms with Crippen LogP contribution in [0.5, 0.6) is 0 Å². The number of hydrogen-bond acceptors (Lipinski definition) is 2. The molecule has 2 nitrogen and oxygen atoms in total. The van der Waals surface area contributed by atoms with Crippen molar-refractivity contribution in [3.63, 3.8) is 0 Å². The minimum Gasteiger partial charge on any atom is -0.302 e. The van der Waals surface area contributed by atoms with Crippen LogP contribution >= 0.6 is 0 Å². The topological polar surface area (TPSA) is 27.0 Å². The van der Waals surface area contributed by atoms with Crippen molar-refractivity contribution in [1.82, 2.24) is 4.90 Å². The molecule has 0 N–H and O–H groups in total. The van der Waals surface area contributed by atoms with E-state index >= 15 is 0 Å². The lowest BCUT2D eigenvalue weighted by molar-refractivity contribution is 0.291. The smallest absolute Gasteiger partial charge is 0.0635 e. The van der Waals surface area contributed by atoms with Crippen LogP contribution in [-0.2, 0) is 0 Å². The quantitative estimate of drug-likeness (QED) is 0.533. The highest BCUT2D eigenvalue weighted by molar-refractivity contribution is 4.77. The van der Waals surface area contributed by atoms with Crippen LogP contribution in [0.1, 0.15) is 19.3 Å². The van der Waals surface area contributed by atoms with Crippen molar-refractivity contribution in [2.75, 3.05) is 19.6 Å². The van der Waals surface area contributed by atoms with E-state index in [9.17, 15) is 0 Å². The summed E-state index contributed by atoms with van der Waals surface area (Å²) in [4.78, 5) is 2.27. The van der Waals surface area contributed by atoms with E-state index in [0.717, 1.165) is 32.5 Å². The Hall–Kier alpha value is -1.07. The van der Waals surface area contributed by atoms with Crippen LogP contribution in [-0.4, -0.2) is 24.5 Å². The molecule has 0 saturated heterocycles. The Morgan fingerprint density at radius 3 is 2.00 bits per heavy atom. The van der Waals surface area contributed by atoms with Crippen LogP contribution in [0.15, 0.2) is 25.3 Å². The molecule has 0 fully saturated rings. The Kier molecular flexibility index (Phi) is 8.28. The minimum absolute atomic E-state index is 0.605. The van der Waals surface area contributed by atoms with E-state index < -0.39 is 0 Å². The molecule has 13 heavy (non-hydrogen) atoms. The third kappa shape index (κ3) is 7.30. The third-order valence-electron chi connectivity index (χ3n) is 1.84. The Bertz CT molecular complexity index is 167. The van der Waals surface area contributed by atoms with E-state index in [4.69, 9.17) is 5.26 Å². The van der Waals surface area contributed by atoms with Gasteiger partial charge in [0.25, 0.3) is 0 Å². The predicted octanol–water partition coefficient (Wildman–Crippen LogP) is 2.35. The average Bonchev–Trinajstić information content (AvgIpc) is 2.17. The van der Waals surface area contributed by atoms with E-state index in [0.29, 0.717) is 6.42 Å². The number of rotatable bonds is 8. The van der Waals surface area contributed by atoms with Crippen molar-refractivity contribution in [3.8, 4) is 6.07 Å². The molecule has 0 aliphatic heterocycles. The van der Waals surface area contributed by atoms with Crippen LogP contribution in [0, 0.1) is 11.3 Å². The van der Waals surface area contributed by atoms with E-state index in [1.807, 2.05) is 12.2 Å². The summed E-state index contributed by atoms with van der Waals surface area (Å²) in [5.41, 5.74) is 0. The molecule has 0 spiro atoms. The lowest BCUT2D eigenvalue weighted by atomic mass is 10.3. The summed E-state index contributed by atoms with van der Waals surface area (Å²) in [5.74, 6) is 0. The van der Waals surface area contributed by atoms with E-state index in [-0.39, 0.29) is 0 Å². The first-order valence-electron chi connectivity index (χ1n) is 4.66. The van der Waals surface area contributed by atoms with Gasteiger partial charge in [0.15, 0.2) is 0 Å². The molecule has 0 aromatic carbocycles. The van der Waals surface area contributed by atoms with Gasteiger partial charge in [0.1, 0.15) is 0 Å². The molecule has 0 aliphatic carbocycles. The molecule has 0 unspecified atom stereocenters. The van der Waals surface area contributed by atoms with Gasteiger partial charge >= 0.3 is 0 Å². The lowest BCUT2D eigenvalue weighted by Gasteiger charge is -2.19. The van der Waals surface area contributed by atoms with Gasteiger partial charge < -0.3 is 4.90 Å². The zero-order chi connectivity index (χ0) is 9.94. The fourth-order valence-electron chi connectivity index (χ4n) is 1.09. The minimum atomic E-state index is 0.605. The normalized spacial score (nSPS) is 9.54. The summed E-state index contributed by atoms with van der Waals surface area (Å²) in [6.07, 6.45) is 6.40. The summed E-state index contributed by atoms with van der Waals surface area (Å²) in [5, 5.41) is 8.45. The van der Waals surface area contributed by atoms with Crippen LogP contribution < -0.4 is 0 Å². The monoisotopic (exact) mass is 178 g/mol. The van der Waals surface area contributed by atoms with Crippen LogP contribution in [0.25, 0.3) is 0 Å². The van der Waals surface area contributed by atoms with Gasteiger partial charge in [-0.05, 0) is 12.8 Å². The molecule has 0 heterocycles. The van der Waals surface area contributed by atoms with Gasteiger partial charge in [0.2, 0.25) is 0 Å². The van der Waals surface area contributed by atoms with Gasteiger partial charge in [-0.15, -0.1) is 13.2 Å². The Morgan fingerprint density at radius 1 is 1.08 bits per heavy atom. The second-order valence-corrected chi connectivity index (χ2v) is 2.90. The molecule has 0 aromatic rings. The average molecular weight is 178 g/mol. The van der Waals surface area contributed by atoms with E-state index in [1.54, 1.807) is 0 Å². The van der Waals surface area contributed by atoms with Gasteiger partial charge in [-0.2, -0.15) is 5.26 Å². The number of nitriles is 1. The summed E-state index contributed by atoms with van der Waals surface area (Å²) >= 11 is 0. The van der Waals surface area contributed by atoms with Crippen molar-refractivity contribution in [2.45, 2.75) is 19.3 Å². The second-order valence-electron chi connectivity index (χ2n) is 2.90. The molecular formula is C11H18N2. The Balaban J connectivity index is 3.66. The highest BCUT2D eigenvalue weighted by Gasteiger charge is 2.01. The highest BCUT2D eigenvalue weighted by atomic mass is 15.1. The second kappa shape index (κ2) is 9.02. The van der Waals surface area contributed by atoms with Crippen molar-refractivity contribution < 1.29 is 0 Å². The van der Waals surface area contributed by atoms with Crippen molar-refractivity contribution in [3.05, 3.63) is 25.3 Å². The number of nitrogens with zero attached hydrogens (tertiary/aromatic N) is 2. The van der Waals surface area contributed by atoms with Gasteiger partial charge in [-0.1, -0.05) is 12.2 Å². The maximum Gasteiger partial charge on any atom is 0.0635 e.